The fourth-order valence-electron chi connectivity index (χ4n) is 2.76. The normalized spacial score (nSPS) is 10.6. The van der Waals surface area contributed by atoms with Gasteiger partial charge in [0.25, 0.3) is 11.7 Å². The lowest BCUT2D eigenvalue weighted by Gasteiger charge is -2.07. The maximum atomic E-state index is 12.7. The number of hydrogen-bond donors (Lipinski definition) is 1. The highest BCUT2D eigenvalue weighted by molar-refractivity contribution is 9.10. The van der Waals surface area contributed by atoms with Gasteiger partial charge in [-0.05, 0) is 50.6 Å². The van der Waals surface area contributed by atoms with Crippen LogP contribution in [0.1, 0.15) is 27.3 Å². The van der Waals surface area contributed by atoms with Crippen molar-refractivity contribution < 1.29 is 9.59 Å². The zero-order valence-corrected chi connectivity index (χ0v) is 16.3. The molecule has 2 aromatic carbocycles. The third-order valence-corrected chi connectivity index (χ3v) is 5.01. The molecule has 0 atom stereocenters. The highest BCUT2D eigenvalue weighted by Crippen LogP contribution is 2.22. The van der Waals surface area contributed by atoms with E-state index in [0.29, 0.717) is 22.6 Å². The number of benzene rings is 2. The maximum absolute atomic E-state index is 12.7. The smallest absolute Gasteiger partial charge is 0.296 e. The summed E-state index contributed by atoms with van der Waals surface area (Å²) in [5.74, 6) is -1.28. The van der Waals surface area contributed by atoms with E-state index in [4.69, 9.17) is 0 Å². The molecule has 132 valence electrons. The van der Waals surface area contributed by atoms with E-state index in [0.717, 1.165) is 15.7 Å². The zero-order chi connectivity index (χ0) is 18.8. The van der Waals surface area contributed by atoms with E-state index >= 15 is 0 Å². The molecule has 0 unspecified atom stereocenters. The Labute approximate surface area is 160 Å². The van der Waals surface area contributed by atoms with Crippen molar-refractivity contribution in [3.8, 4) is 5.69 Å². The molecule has 0 bridgehead atoms. The zero-order valence-electron chi connectivity index (χ0n) is 14.7. The van der Waals surface area contributed by atoms with Gasteiger partial charge in [0, 0.05) is 10.2 Å². The van der Waals surface area contributed by atoms with E-state index in [1.807, 2.05) is 43.3 Å². The van der Waals surface area contributed by atoms with Gasteiger partial charge in [-0.2, -0.15) is 5.10 Å². The molecule has 0 aliphatic carbocycles. The van der Waals surface area contributed by atoms with Crippen LogP contribution in [0.5, 0.6) is 0 Å². The molecule has 0 fully saturated rings. The van der Waals surface area contributed by atoms with Crippen LogP contribution < -0.4 is 5.32 Å². The largest absolute Gasteiger partial charge is 0.319 e. The van der Waals surface area contributed by atoms with Gasteiger partial charge in [0.1, 0.15) is 0 Å². The number of carbonyl (C=O) groups is 2. The number of amides is 1. The van der Waals surface area contributed by atoms with Crippen LogP contribution >= 0.6 is 15.9 Å². The highest BCUT2D eigenvalue weighted by Gasteiger charge is 2.25. The number of aromatic nitrogens is 2. The van der Waals surface area contributed by atoms with Crippen molar-refractivity contribution >= 4 is 33.3 Å². The summed E-state index contributed by atoms with van der Waals surface area (Å²) in [5.41, 5.74) is 3.94. The lowest BCUT2D eigenvalue weighted by Crippen LogP contribution is -2.24. The van der Waals surface area contributed by atoms with Crippen LogP contribution in [-0.4, -0.2) is 21.5 Å². The van der Waals surface area contributed by atoms with Crippen molar-refractivity contribution in [3.05, 3.63) is 75.5 Å². The second kappa shape index (κ2) is 7.25. The van der Waals surface area contributed by atoms with Crippen molar-refractivity contribution in [2.75, 3.05) is 5.32 Å². The second-order valence-corrected chi connectivity index (χ2v) is 6.89. The molecule has 5 nitrogen and oxygen atoms in total. The molecule has 1 heterocycles. The molecule has 0 spiro atoms. The van der Waals surface area contributed by atoms with E-state index in [1.54, 1.807) is 30.7 Å². The molecule has 1 amide bonds. The monoisotopic (exact) mass is 411 g/mol. The average molecular weight is 412 g/mol. The summed E-state index contributed by atoms with van der Waals surface area (Å²) < 4.78 is 2.55. The molecule has 26 heavy (non-hydrogen) atoms. The number of nitrogens with one attached hydrogen (secondary N) is 1. The molecule has 0 aliphatic heterocycles. The number of carbonyl (C=O) groups excluding carboxylic acids is 2. The van der Waals surface area contributed by atoms with Gasteiger partial charge < -0.3 is 5.32 Å². The number of nitrogens with zero attached hydrogens (tertiary/aromatic N) is 2. The van der Waals surface area contributed by atoms with Crippen LogP contribution in [0.3, 0.4) is 0 Å². The summed E-state index contributed by atoms with van der Waals surface area (Å²) in [6.45, 7) is 5.47. The molecule has 0 saturated carbocycles. The lowest BCUT2D eigenvalue weighted by atomic mass is 10.1. The van der Waals surface area contributed by atoms with E-state index < -0.39 is 11.7 Å². The van der Waals surface area contributed by atoms with Gasteiger partial charge in [0.15, 0.2) is 0 Å². The highest BCUT2D eigenvalue weighted by atomic mass is 79.9. The Morgan fingerprint density at radius 1 is 1.04 bits per heavy atom. The summed E-state index contributed by atoms with van der Waals surface area (Å²) in [7, 11) is 0. The van der Waals surface area contributed by atoms with Crippen LogP contribution in [0, 0.1) is 20.8 Å². The third-order valence-electron chi connectivity index (χ3n) is 4.16. The van der Waals surface area contributed by atoms with Crippen LogP contribution in [0.2, 0.25) is 0 Å². The number of halogens is 1. The van der Waals surface area contributed by atoms with Crippen molar-refractivity contribution in [1.82, 2.24) is 9.78 Å². The molecule has 6 heteroatoms. The molecule has 0 radical (unpaired) electrons. The summed E-state index contributed by atoms with van der Waals surface area (Å²) >= 11 is 3.42. The number of ketones is 1. The minimum Gasteiger partial charge on any atom is -0.319 e. The predicted octanol–water partition coefficient (Wildman–Crippen LogP) is 4.38. The molecule has 1 aromatic heterocycles. The SMILES string of the molecule is Cc1ccc(NC(=O)C(=O)c2c(C)nn(-c3ccccc3)c2C)cc1Br. The van der Waals surface area contributed by atoms with E-state index in [9.17, 15) is 9.59 Å². The van der Waals surface area contributed by atoms with E-state index in [1.165, 1.54) is 0 Å². The number of aryl methyl sites for hydroxylation is 2. The first-order valence-electron chi connectivity index (χ1n) is 8.12. The number of rotatable bonds is 4. The maximum Gasteiger partial charge on any atom is 0.296 e. The number of hydrogen-bond acceptors (Lipinski definition) is 3. The Bertz CT molecular complexity index is 994. The van der Waals surface area contributed by atoms with Gasteiger partial charge in [-0.25, -0.2) is 4.68 Å². The van der Waals surface area contributed by atoms with Crippen LogP contribution in [0.25, 0.3) is 5.69 Å². The molecule has 0 saturated heterocycles. The van der Waals surface area contributed by atoms with Crippen LogP contribution in [0.15, 0.2) is 53.0 Å². The minimum absolute atomic E-state index is 0.331. The summed E-state index contributed by atoms with van der Waals surface area (Å²) in [5, 5.41) is 7.08. The Morgan fingerprint density at radius 3 is 2.38 bits per heavy atom. The Balaban J connectivity index is 1.89. The van der Waals surface area contributed by atoms with Crippen molar-refractivity contribution in [3.63, 3.8) is 0 Å². The van der Waals surface area contributed by atoms with Gasteiger partial charge >= 0.3 is 0 Å². The number of Topliss-reactive ketones (excluding diaryl/α,β-unsaturated/α-hetero) is 1. The molecular formula is C20H18BrN3O2. The fraction of sp³-hybridized carbons (Fsp3) is 0.150. The third kappa shape index (κ3) is 3.46. The van der Waals surface area contributed by atoms with Crippen molar-refractivity contribution in [2.24, 2.45) is 0 Å². The van der Waals surface area contributed by atoms with Gasteiger partial charge in [-0.15, -0.1) is 0 Å². The van der Waals surface area contributed by atoms with E-state index in [-0.39, 0.29) is 0 Å². The molecular weight excluding hydrogens is 394 g/mol. The molecule has 3 rings (SSSR count). The van der Waals surface area contributed by atoms with Gasteiger partial charge in [-0.3, -0.25) is 9.59 Å². The average Bonchev–Trinajstić information content (AvgIpc) is 2.92. The number of para-hydroxylation sites is 1. The van der Waals surface area contributed by atoms with Crippen molar-refractivity contribution in [2.45, 2.75) is 20.8 Å². The van der Waals surface area contributed by atoms with Gasteiger partial charge in [0.05, 0.1) is 22.6 Å². The summed E-state index contributed by atoms with van der Waals surface area (Å²) in [4.78, 5) is 25.2. The topological polar surface area (TPSA) is 64.0 Å². The Morgan fingerprint density at radius 2 is 1.73 bits per heavy atom. The minimum atomic E-state index is -0.681. The van der Waals surface area contributed by atoms with Crippen LogP contribution in [0.4, 0.5) is 5.69 Å². The second-order valence-electron chi connectivity index (χ2n) is 6.04. The summed E-state index contributed by atoms with van der Waals surface area (Å²) in [6, 6.07) is 14.9. The Hall–Kier alpha value is -2.73. The van der Waals surface area contributed by atoms with E-state index in [2.05, 4.69) is 26.3 Å². The standard InChI is InChI=1S/C20H18BrN3O2/c1-12-9-10-15(11-17(12)21)22-20(26)19(25)18-13(2)23-24(14(18)3)16-7-5-4-6-8-16/h4-11H,1-3H3,(H,22,26). The lowest BCUT2D eigenvalue weighted by molar-refractivity contribution is -0.112. The number of anilines is 1. The predicted molar refractivity (Wildman–Crippen MR) is 105 cm³/mol. The van der Waals surface area contributed by atoms with Crippen LogP contribution in [-0.2, 0) is 4.79 Å². The quantitative estimate of drug-likeness (QED) is 0.511. The molecule has 0 aliphatic rings. The van der Waals surface area contributed by atoms with Gasteiger partial charge in [0.2, 0.25) is 0 Å². The first-order valence-corrected chi connectivity index (χ1v) is 8.91. The van der Waals surface area contributed by atoms with Gasteiger partial charge in [-0.1, -0.05) is 40.2 Å². The molecule has 3 aromatic rings. The fourth-order valence-corrected chi connectivity index (χ4v) is 3.14. The first kappa shape index (κ1) is 18.1. The summed E-state index contributed by atoms with van der Waals surface area (Å²) in [6.07, 6.45) is 0. The first-order chi connectivity index (χ1) is 12.4. The Kier molecular flexibility index (Phi) is 5.04. The van der Waals surface area contributed by atoms with Crippen molar-refractivity contribution in [1.29, 1.82) is 0 Å². The molecule has 1 N–H and O–H groups in total.